The molecule has 0 aromatic carbocycles. The molecular weight excluding hydrogens is 781 g/mol. The molecule has 6 heteroatoms. The van der Waals surface area contributed by atoms with Gasteiger partial charge in [-0.15, -0.1) is 0 Å². The highest BCUT2D eigenvalue weighted by Crippen LogP contribution is 2.13. The molecule has 0 aromatic heterocycles. The van der Waals surface area contributed by atoms with Gasteiger partial charge in [-0.05, 0) is 89.9 Å². The number of allylic oxidation sites excluding steroid dienone is 16. The number of carbonyl (C=O) groups excluding carboxylic acids is 3. The number of unbranched alkanes of at least 4 members (excludes halogenated alkanes) is 23. The Balaban J connectivity index is 4.48. The third kappa shape index (κ3) is 49.2. The molecule has 0 bridgehead atoms. The quantitative estimate of drug-likeness (QED) is 0.0199. The first-order valence-electron chi connectivity index (χ1n) is 25.8. The van der Waals surface area contributed by atoms with Crippen LogP contribution >= 0.6 is 0 Å². The predicted molar refractivity (Wildman–Crippen MR) is 270 cm³/mol. The van der Waals surface area contributed by atoms with Crippen molar-refractivity contribution in [2.24, 2.45) is 0 Å². The highest BCUT2D eigenvalue weighted by atomic mass is 16.6. The van der Waals surface area contributed by atoms with Gasteiger partial charge in [0.2, 0.25) is 0 Å². The molecule has 0 heterocycles. The van der Waals surface area contributed by atoms with Crippen LogP contribution < -0.4 is 0 Å². The molecule has 6 nitrogen and oxygen atoms in total. The first-order chi connectivity index (χ1) is 31.0. The lowest BCUT2D eigenvalue weighted by atomic mass is 10.1. The molecule has 0 aliphatic heterocycles. The summed E-state index contributed by atoms with van der Waals surface area (Å²) in [6, 6.07) is 0. The van der Waals surface area contributed by atoms with Crippen LogP contribution in [0.2, 0.25) is 0 Å². The van der Waals surface area contributed by atoms with Crippen molar-refractivity contribution in [3.8, 4) is 0 Å². The number of carbonyl (C=O) groups is 3. The van der Waals surface area contributed by atoms with E-state index < -0.39 is 6.10 Å². The van der Waals surface area contributed by atoms with E-state index in [2.05, 4.69) is 93.7 Å². The second kappa shape index (κ2) is 51.0. The SMILES string of the molecule is CC\C=C/C=C\C=C/C=C\CCCCCCCC(=O)OC(COC(=O)CCCCCCC\C=C/C=C\C=C/CCCCCCC)COC(=O)CCCCCCC/C=C\CCCCC. The van der Waals surface area contributed by atoms with Gasteiger partial charge in [0.1, 0.15) is 13.2 Å². The number of hydrogen-bond donors (Lipinski definition) is 0. The van der Waals surface area contributed by atoms with Crippen molar-refractivity contribution >= 4 is 17.9 Å². The van der Waals surface area contributed by atoms with Crippen molar-refractivity contribution in [1.29, 1.82) is 0 Å². The second-order valence-electron chi connectivity index (χ2n) is 16.8. The lowest BCUT2D eigenvalue weighted by Crippen LogP contribution is -2.30. The van der Waals surface area contributed by atoms with Crippen LogP contribution in [0.1, 0.15) is 226 Å². The second-order valence-corrected chi connectivity index (χ2v) is 16.8. The van der Waals surface area contributed by atoms with Crippen molar-refractivity contribution in [2.45, 2.75) is 232 Å². The summed E-state index contributed by atoms with van der Waals surface area (Å²) in [6.07, 6.45) is 66.7. The fourth-order valence-electron chi connectivity index (χ4n) is 6.80. The van der Waals surface area contributed by atoms with Gasteiger partial charge in [0.15, 0.2) is 6.10 Å². The summed E-state index contributed by atoms with van der Waals surface area (Å²) in [4.78, 5) is 38.0. The van der Waals surface area contributed by atoms with E-state index in [0.717, 1.165) is 122 Å². The Kier molecular flexibility index (Phi) is 48.0. The Morgan fingerprint density at radius 1 is 0.333 bits per heavy atom. The molecule has 0 amide bonds. The normalized spacial score (nSPS) is 12.9. The molecule has 0 radical (unpaired) electrons. The van der Waals surface area contributed by atoms with Crippen LogP contribution in [0.5, 0.6) is 0 Å². The summed E-state index contributed by atoms with van der Waals surface area (Å²) in [5.74, 6) is -0.956. The van der Waals surface area contributed by atoms with Crippen LogP contribution in [-0.2, 0) is 28.6 Å². The van der Waals surface area contributed by atoms with Gasteiger partial charge in [-0.25, -0.2) is 0 Å². The van der Waals surface area contributed by atoms with Gasteiger partial charge in [-0.3, -0.25) is 14.4 Å². The molecule has 1 atom stereocenters. The number of esters is 3. The first kappa shape index (κ1) is 59.3. The Bertz CT molecular complexity index is 1280. The van der Waals surface area contributed by atoms with Crippen LogP contribution in [0, 0.1) is 0 Å². The van der Waals surface area contributed by atoms with Crippen LogP contribution in [0.25, 0.3) is 0 Å². The molecule has 0 aliphatic carbocycles. The Labute approximate surface area is 387 Å². The molecule has 1 unspecified atom stereocenters. The molecular formula is C57H94O6. The monoisotopic (exact) mass is 875 g/mol. The van der Waals surface area contributed by atoms with Gasteiger partial charge >= 0.3 is 17.9 Å². The Morgan fingerprint density at radius 2 is 0.635 bits per heavy atom. The van der Waals surface area contributed by atoms with Crippen LogP contribution in [0.3, 0.4) is 0 Å². The zero-order valence-electron chi connectivity index (χ0n) is 40.8. The molecule has 0 spiro atoms. The maximum absolute atomic E-state index is 12.8. The molecule has 0 aliphatic rings. The minimum Gasteiger partial charge on any atom is -0.462 e. The molecule has 358 valence electrons. The van der Waals surface area contributed by atoms with E-state index in [-0.39, 0.29) is 31.1 Å². The number of rotatable bonds is 45. The third-order valence-electron chi connectivity index (χ3n) is 10.7. The lowest BCUT2D eigenvalue weighted by Gasteiger charge is -2.18. The fraction of sp³-hybridized carbons (Fsp3) is 0.667. The first-order valence-corrected chi connectivity index (χ1v) is 25.8. The smallest absolute Gasteiger partial charge is 0.306 e. The molecule has 0 fully saturated rings. The molecule has 0 saturated carbocycles. The van der Waals surface area contributed by atoms with Gasteiger partial charge in [0.05, 0.1) is 0 Å². The van der Waals surface area contributed by atoms with Crippen molar-refractivity contribution in [1.82, 2.24) is 0 Å². The standard InChI is InChI=1S/C57H94O6/c1-4-7-10-13-16-19-22-25-27-28-29-31-32-35-38-41-44-47-50-56(59)62-53-54(52-61-55(58)49-46-43-40-37-34-24-21-18-15-12-9-6-3)63-57(60)51-48-45-42-39-36-33-30-26-23-20-17-14-11-8-5-2/h8,11,14,17-18,20-23,25-31,54H,4-7,9-10,12-13,15-16,19,24,32-53H2,1-3H3/b11-8-,17-14-,21-18-,23-20-,25-22-,28-27-,30-26-,31-29-. The van der Waals surface area contributed by atoms with E-state index in [1.54, 1.807) is 0 Å². The number of hydrogen-bond acceptors (Lipinski definition) is 6. The van der Waals surface area contributed by atoms with Crippen molar-refractivity contribution in [3.63, 3.8) is 0 Å². The Hall–Kier alpha value is -3.67. The van der Waals surface area contributed by atoms with Gasteiger partial charge in [0, 0.05) is 19.3 Å². The summed E-state index contributed by atoms with van der Waals surface area (Å²) in [7, 11) is 0. The Morgan fingerprint density at radius 3 is 1.05 bits per heavy atom. The number of ether oxygens (including phenoxy) is 3. The minimum absolute atomic E-state index is 0.0997. The van der Waals surface area contributed by atoms with E-state index in [1.807, 2.05) is 24.3 Å². The van der Waals surface area contributed by atoms with Crippen molar-refractivity contribution < 1.29 is 28.6 Å². The largest absolute Gasteiger partial charge is 0.462 e. The van der Waals surface area contributed by atoms with Crippen LogP contribution in [0.4, 0.5) is 0 Å². The summed E-state index contributed by atoms with van der Waals surface area (Å²) < 4.78 is 16.7. The predicted octanol–water partition coefficient (Wildman–Crippen LogP) is 17.0. The van der Waals surface area contributed by atoms with Gasteiger partial charge in [0.25, 0.3) is 0 Å². The van der Waals surface area contributed by atoms with E-state index in [9.17, 15) is 14.4 Å². The van der Waals surface area contributed by atoms with Crippen molar-refractivity contribution in [2.75, 3.05) is 13.2 Å². The van der Waals surface area contributed by atoms with E-state index in [1.165, 1.54) is 64.2 Å². The van der Waals surface area contributed by atoms with Gasteiger partial charge < -0.3 is 14.2 Å². The average Bonchev–Trinajstić information content (AvgIpc) is 3.28. The zero-order chi connectivity index (χ0) is 45.8. The summed E-state index contributed by atoms with van der Waals surface area (Å²) >= 11 is 0. The van der Waals surface area contributed by atoms with Crippen LogP contribution in [-0.4, -0.2) is 37.2 Å². The van der Waals surface area contributed by atoms with E-state index in [4.69, 9.17) is 14.2 Å². The van der Waals surface area contributed by atoms with Crippen LogP contribution in [0.15, 0.2) is 97.2 Å². The summed E-state index contributed by atoms with van der Waals surface area (Å²) in [6.45, 7) is 6.40. The third-order valence-corrected chi connectivity index (χ3v) is 10.7. The van der Waals surface area contributed by atoms with Crippen molar-refractivity contribution in [3.05, 3.63) is 97.2 Å². The van der Waals surface area contributed by atoms with E-state index >= 15 is 0 Å². The summed E-state index contributed by atoms with van der Waals surface area (Å²) in [5, 5.41) is 0. The zero-order valence-corrected chi connectivity index (χ0v) is 40.8. The highest BCUT2D eigenvalue weighted by Gasteiger charge is 2.19. The fourth-order valence-corrected chi connectivity index (χ4v) is 6.80. The topological polar surface area (TPSA) is 78.9 Å². The van der Waals surface area contributed by atoms with Gasteiger partial charge in [-0.1, -0.05) is 214 Å². The summed E-state index contributed by atoms with van der Waals surface area (Å²) in [5.41, 5.74) is 0. The molecule has 0 N–H and O–H groups in total. The molecule has 0 saturated heterocycles. The lowest BCUT2D eigenvalue weighted by molar-refractivity contribution is -0.167. The van der Waals surface area contributed by atoms with Gasteiger partial charge in [-0.2, -0.15) is 0 Å². The molecule has 63 heavy (non-hydrogen) atoms. The highest BCUT2D eigenvalue weighted by molar-refractivity contribution is 5.71. The van der Waals surface area contributed by atoms with E-state index in [0.29, 0.717) is 19.3 Å². The molecule has 0 rings (SSSR count). The molecule has 0 aromatic rings. The maximum Gasteiger partial charge on any atom is 0.306 e. The average molecular weight is 875 g/mol. The maximum atomic E-state index is 12.8. The minimum atomic E-state index is -0.802.